The molecule has 0 aromatic rings. The van der Waals surface area contributed by atoms with E-state index in [9.17, 15) is 14.0 Å². The van der Waals surface area contributed by atoms with Crippen LogP contribution < -0.4 is 0 Å². The first-order valence-electron chi connectivity index (χ1n) is 8.11. The second-order valence-corrected chi connectivity index (χ2v) is 5.81. The first-order valence-corrected chi connectivity index (χ1v) is 8.11. The molecule has 0 bridgehead atoms. The number of alkyl halides is 1. The molecule has 0 unspecified atom stereocenters. The van der Waals surface area contributed by atoms with Gasteiger partial charge in [0.15, 0.2) is 5.67 Å². The highest BCUT2D eigenvalue weighted by molar-refractivity contribution is 5.86. The lowest BCUT2D eigenvalue weighted by Gasteiger charge is -2.40. The van der Waals surface area contributed by atoms with E-state index in [1.54, 1.807) is 14.7 Å². The molecule has 2 rings (SSSR count). The highest BCUT2D eigenvalue weighted by atomic mass is 19.1. The predicted octanol–water partition coefficient (Wildman–Crippen LogP) is 1.11. The highest BCUT2D eigenvalue weighted by Crippen LogP contribution is 2.29. The van der Waals surface area contributed by atoms with Crippen LogP contribution in [-0.2, 0) is 9.53 Å². The molecule has 6 nitrogen and oxygen atoms in total. The minimum atomic E-state index is -1.84. The first kappa shape index (κ1) is 17.0. The van der Waals surface area contributed by atoms with E-state index in [0.717, 1.165) is 0 Å². The van der Waals surface area contributed by atoms with Gasteiger partial charge in [-0.25, -0.2) is 9.18 Å². The fourth-order valence-corrected chi connectivity index (χ4v) is 3.01. The summed E-state index contributed by atoms with van der Waals surface area (Å²) in [5, 5.41) is 0. The van der Waals surface area contributed by atoms with Crippen molar-refractivity contribution in [3.63, 3.8) is 0 Å². The average molecular weight is 315 g/mol. The summed E-state index contributed by atoms with van der Waals surface area (Å²) in [6.45, 7) is 7.55. The van der Waals surface area contributed by atoms with Crippen LogP contribution in [0.3, 0.4) is 0 Å². The smallest absolute Gasteiger partial charge is 0.319 e. The average Bonchev–Trinajstić information content (AvgIpc) is 2.56. The summed E-state index contributed by atoms with van der Waals surface area (Å²) in [5.74, 6) is -0.439. The molecule has 0 aliphatic carbocycles. The number of amides is 3. The van der Waals surface area contributed by atoms with Gasteiger partial charge < -0.3 is 19.4 Å². The zero-order chi connectivity index (χ0) is 16.2. The molecule has 0 spiro atoms. The number of carbonyl (C=O) groups is 2. The number of morpholine rings is 1. The minimum Gasteiger partial charge on any atom is -0.378 e. The van der Waals surface area contributed by atoms with E-state index in [-0.39, 0.29) is 18.9 Å². The van der Waals surface area contributed by atoms with E-state index in [1.807, 2.05) is 13.8 Å². The Balaban J connectivity index is 1.92. The molecule has 22 heavy (non-hydrogen) atoms. The number of hydrogen-bond donors (Lipinski definition) is 0. The fourth-order valence-electron chi connectivity index (χ4n) is 3.01. The molecule has 0 aromatic carbocycles. The highest BCUT2D eigenvalue weighted by Gasteiger charge is 2.45. The Kier molecular flexibility index (Phi) is 5.61. The Morgan fingerprint density at radius 3 is 2.09 bits per heavy atom. The van der Waals surface area contributed by atoms with Gasteiger partial charge in [0, 0.05) is 52.1 Å². The van der Waals surface area contributed by atoms with Gasteiger partial charge in [0.2, 0.25) is 0 Å². The van der Waals surface area contributed by atoms with Crippen molar-refractivity contribution < 1.29 is 18.7 Å². The number of likely N-dealkylation sites (tertiary alicyclic amines) is 1. The molecule has 2 saturated heterocycles. The molecule has 0 radical (unpaired) electrons. The molecule has 0 saturated carbocycles. The van der Waals surface area contributed by atoms with Crippen LogP contribution in [-0.4, -0.2) is 84.8 Å². The summed E-state index contributed by atoms with van der Waals surface area (Å²) in [5.41, 5.74) is -1.84. The number of ether oxygens (including phenoxy) is 1. The molecular weight excluding hydrogens is 289 g/mol. The number of urea groups is 1. The van der Waals surface area contributed by atoms with Crippen molar-refractivity contribution in [2.24, 2.45) is 0 Å². The van der Waals surface area contributed by atoms with E-state index in [0.29, 0.717) is 52.5 Å². The second-order valence-electron chi connectivity index (χ2n) is 5.81. The Hall–Kier alpha value is -1.37. The molecule has 2 heterocycles. The zero-order valence-corrected chi connectivity index (χ0v) is 13.5. The summed E-state index contributed by atoms with van der Waals surface area (Å²) >= 11 is 0. The monoisotopic (exact) mass is 315 g/mol. The maximum Gasteiger partial charge on any atom is 0.319 e. The van der Waals surface area contributed by atoms with Gasteiger partial charge in [0.1, 0.15) is 0 Å². The second kappa shape index (κ2) is 7.26. The number of carbonyl (C=O) groups excluding carboxylic acids is 2. The van der Waals surface area contributed by atoms with Gasteiger partial charge in [-0.1, -0.05) is 0 Å². The van der Waals surface area contributed by atoms with Gasteiger partial charge in [-0.2, -0.15) is 0 Å². The van der Waals surface area contributed by atoms with Gasteiger partial charge in [0.05, 0.1) is 13.2 Å². The lowest BCUT2D eigenvalue weighted by atomic mass is 9.91. The molecule has 2 fully saturated rings. The maximum atomic E-state index is 15.0. The Morgan fingerprint density at radius 1 is 1.05 bits per heavy atom. The molecule has 3 amide bonds. The number of nitrogens with zero attached hydrogens (tertiary/aromatic N) is 3. The van der Waals surface area contributed by atoms with E-state index >= 15 is 0 Å². The third-order valence-electron chi connectivity index (χ3n) is 4.54. The van der Waals surface area contributed by atoms with Crippen molar-refractivity contribution in [1.82, 2.24) is 14.7 Å². The quantitative estimate of drug-likeness (QED) is 0.784. The largest absolute Gasteiger partial charge is 0.378 e. The Morgan fingerprint density at radius 2 is 1.59 bits per heavy atom. The summed E-state index contributed by atoms with van der Waals surface area (Å²) in [6.07, 6.45) is 0.159. The maximum absolute atomic E-state index is 15.0. The molecule has 0 aromatic heterocycles. The van der Waals surface area contributed by atoms with E-state index in [1.165, 1.54) is 0 Å². The van der Waals surface area contributed by atoms with Crippen LogP contribution in [0.2, 0.25) is 0 Å². The normalized spacial score (nSPS) is 21.6. The Bertz CT molecular complexity index is 401. The van der Waals surface area contributed by atoms with Crippen molar-refractivity contribution >= 4 is 11.9 Å². The predicted molar refractivity (Wildman–Crippen MR) is 80.4 cm³/mol. The van der Waals surface area contributed by atoms with Crippen LogP contribution in [0.25, 0.3) is 0 Å². The minimum absolute atomic E-state index is 0.0640. The van der Waals surface area contributed by atoms with Crippen molar-refractivity contribution in [2.45, 2.75) is 32.4 Å². The van der Waals surface area contributed by atoms with Crippen LogP contribution in [0.15, 0.2) is 0 Å². The standard InChI is InChI=1S/C15H26FN3O3/c1-3-17(4-2)14(21)19-7-5-15(16,6-8-19)13(20)18-9-11-22-12-10-18/h3-12H2,1-2H3. The topological polar surface area (TPSA) is 53.1 Å². The lowest BCUT2D eigenvalue weighted by Crippen LogP contribution is -2.56. The van der Waals surface area contributed by atoms with Crippen LogP contribution in [0.1, 0.15) is 26.7 Å². The SMILES string of the molecule is CCN(CC)C(=O)N1CCC(F)(C(=O)N2CCOCC2)CC1. The summed E-state index contributed by atoms with van der Waals surface area (Å²) in [4.78, 5) is 29.6. The number of rotatable bonds is 3. The summed E-state index contributed by atoms with van der Waals surface area (Å²) < 4.78 is 20.2. The van der Waals surface area contributed by atoms with Crippen molar-refractivity contribution in [1.29, 1.82) is 0 Å². The molecule has 0 atom stereocenters. The summed E-state index contributed by atoms with van der Waals surface area (Å²) in [7, 11) is 0. The van der Waals surface area contributed by atoms with Crippen LogP contribution in [0.4, 0.5) is 9.18 Å². The van der Waals surface area contributed by atoms with Gasteiger partial charge in [0.25, 0.3) is 5.91 Å². The molecule has 2 aliphatic heterocycles. The van der Waals surface area contributed by atoms with Crippen LogP contribution >= 0.6 is 0 Å². The fraction of sp³-hybridized carbons (Fsp3) is 0.867. The van der Waals surface area contributed by atoms with Gasteiger partial charge >= 0.3 is 6.03 Å². The van der Waals surface area contributed by atoms with Crippen LogP contribution in [0, 0.1) is 0 Å². The molecule has 0 N–H and O–H groups in total. The third kappa shape index (κ3) is 3.51. The number of hydrogen-bond acceptors (Lipinski definition) is 3. The van der Waals surface area contributed by atoms with Crippen LogP contribution in [0.5, 0.6) is 0 Å². The Labute approximate surface area is 131 Å². The number of piperidine rings is 1. The summed E-state index contributed by atoms with van der Waals surface area (Å²) in [6, 6.07) is -0.0640. The zero-order valence-electron chi connectivity index (χ0n) is 13.5. The first-order chi connectivity index (χ1) is 10.5. The van der Waals surface area contributed by atoms with Crippen molar-refractivity contribution in [3.8, 4) is 0 Å². The van der Waals surface area contributed by atoms with E-state index in [2.05, 4.69) is 0 Å². The molecule has 126 valence electrons. The third-order valence-corrected chi connectivity index (χ3v) is 4.54. The van der Waals surface area contributed by atoms with Crippen molar-refractivity contribution in [2.75, 3.05) is 52.5 Å². The van der Waals surface area contributed by atoms with Crippen molar-refractivity contribution in [3.05, 3.63) is 0 Å². The van der Waals surface area contributed by atoms with Gasteiger partial charge in [-0.15, -0.1) is 0 Å². The van der Waals surface area contributed by atoms with Gasteiger partial charge in [-0.05, 0) is 13.8 Å². The number of halogens is 1. The molecular formula is C15H26FN3O3. The lowest BCUT2D eigenvalue weighted by molar-refractivity contribution is -0.151. The van der Waals surface area contributed by atoms with E-state index < -0.39 is 11.6 Å². The molecule has 2 aliphatic rings. The van der Waals surface area contributed by atoms with Gasteiger partial charge in [-0.3, -0.25) is 4.79 Å². The molecule has 7 heteroatoms. The van der Waals surface area contributed by atoms with E-state index in [4.69, 9.17) is 4.74 Å².